The van der Waals surface area contributed by atoms with E-state index in [0.717, 1.165) is 0 Å². The molecule has 0 spiro atoms. The summed E-state index contributed by atoms with van der Waals surface area (Å²) in [6.45, 7) is 1.75. The molecule has 1 heterocycles. The maximum Gasteiger partial charge on any atom is 0.328 e. The predicted octanol–water partition coefficient (Wildman–Crippen LogP) is 0.175. The summed E-state index contributed by atoms with van der Waals surface area (Å²) in [7, 11) is 4.04. The van der Waals surface area contributed by atoms with E-state index >= 15 is 0 Å². The Morgan fingerprint density at radius 1 is 1.25 bits per heavy atom. The standard InChI is InChI=1S/C12H17N3O5/c1-5-7(11(17)19-3)13-10(16)8-6-9(18-2)15-12(14-8)20-4/h6-7H,5H2,1-4H3,(H,13,16). The van der Waals surface area contributed by atoms with Crippen molar-refractivity contribution in [3.8, 4) is 11.9 Å². The molecule has 0 radical (unpaired) electrons. The van der Waals surface area contributed by atoms with Gasteiger partial charge < -0.3 is 19.5 Å². The van der Waals surface area contributed by atoms with E-state index in [1.54, 1.807) is 6.92 Å². The molecule has 1 amide bonds. The largest absolute Gasteiger partial charge is 0.481 e. The summed E-state index contributed by atoms with van der Waals surface area (Å²) < 4.78 is 14.4. The quantitative estimate of drug-likeness (QED) is 0.743. The highest BCUT2D eigenvalue weighted by Crippen LogP contribution is 2.13. The predicted molar refractivity (Wildman–Crippen MR) is 68.7 cm³/mol. The average molecular weight is 283 g/mol. The molecule has 8 nitrogen and oxygen atoms in total. The smallest absolute Gasteiger partial charge is 0.328 e. The van der Waals surface area contributed by atoms with Gasteiger partial charge in [-0.3, -0.25) is 4.79 Å². The van der Waals surface area contributed by atoms with Crippen LogP contribution in [0.2, 0.25) is 0 Å². The summed E-state index contributed by atoms with van der Waals surface area (Å²) in [4.78, 5) is 31.3. The fourth-order valence-corrected chi connectivity index (χ4v) is 1.42. The van der Waals surface area contributed by atoms with E-state index in [0.29, 0.717) is 6.42 Å². The van der Waals surface area contributed by atoms with Crippen LogP contribution in [0.5, 0.6) is 11.9 Å². The molecule has 110 valence electrons. The van der Waals surface area contributed by atoms with Crippen LogP contribution < -0.4 is 14.8 Å². The number of hydrogen-bond acceptors (Lipinski definition) is 7. The Balaban J connectivity index is 2.93. The normalized spacial score (nSPS) is 11.4. The Morgan fingerprint density at radius 2 is 1.95 bits per heavy atom. The fourth-order valence-electron chi connectivity index (χ4n) is 1.42. The van der Waals surface area contributed by atoms with E-state index in [4.69, 9.17) is 9.47 Å². The second-order valence-corrected chi connectivity index (χ2v) is 3.74. The number of rotatable bonds is 6. The van der Waals surface area contributed by atoms with Gasteiger partial charge in [-0.05, 0) is 6.42 Å². The van der Waals surface area contributed by atoms with Gasteiger partial charge in [0.1, 0.15) is 11.7 Å². The Kier molecular flexibility index (Phi) is 5.70. The molecule has 0 saturated heterocycles. The molecule has 8 heteroatoms. The van der Waals surface area contributed by atoms with Crippen LogP contribution in [0.1, 0.15) is 23.8 Å². The number of nitrogens with one attached hydrogen (secondary N) is 1. The molecule has 0 fully saturated rings. The van der Waals surface area contributed by atoms with E-state index in [1.165, 1.54) is 27.4 Å². The molecule has 1 unspecified atom stereocenters. The summed E-state index contributed by atoms with van der Waals surface area (Å²) >= 11 is 0. The molecule has 1 rings (SSSR count). The van der Waals surface area contributed by atoms with Gasteiger partial charge in [0.2, 0.25) is 5.88 Å². The monoisotopic (exact) mass is 283 g/mol. The molecule has 0 saturated carbocycles. The van der Waals surface area contributed by atoms with Crippen LogP contribution >= 0.6 is 0 Å². The first-order chi connectivity index (χ1) is 9.55. The number of carbonyl (C=O) groups is 2. The summed E-state index contributed by atoms with van der Waals surface area (Å²) in [6, 6.07) is 0.613. The van der Waals surface area contributed by atoms with Crippen LogP contribution in [-0.4, -0.2) is 49.2 Å². The first-order valence-corrected chi connectivity index (χ1v) is 5.91. The van der Waals surface area contributed by atoms with Crippen molar-refractivity contribution < 1.29 is 23.8 Å². The van der Waals surface area contributed by atoms with Gasteiger partial charge in [0, 0.05) is 6.07 Å². The van der Waals surface area contributed by atoms with Gasteiger partial charge in [-0.25, -0.2) is 4.79 Å². The summed E-state index contributed by atoms with van der Waals surface area (Å²) in [5.74, 6) is -0.872. The lowest BCUT2D eigenvalue weighted by Crippen LogP contribution is -2.41. The molecule has 0 aromatic carbocycles. The Bertz CT molecular complexity index is 470. The minimum atomic E-state index is -0.737. The third-order valence-electron chi connectivity index (χ3n) is 2.51. The van der Waals surface area contributed by atoms with Crippen molar-refractivity contribution in [3.63, 3.8) is 0 Å². The lowest BCUT2D eigenvalue weighted by atomic mass is 10.2. The topological polar surface area (TPSA) is 99.6 Å². The molecule has 0 aliphatic rings. The number of hydrogen-bond donors (Lipinski definition) is 1. The molecule has 0 aliphatic carbocycles. The number of nitrogens with zero attached hydrogens (tertiary/aromatic N) is 2. The van der Waals surface area contributed by atoms with E-state index < -0.39 is 17.9 Å². The van der Waals surface area contributed by atoms with Crippen molar-refractivity contribution in [1.82, 2.24) is 15.3 Å². The van der Waals surface area contributed by atoms with Crippen molar-refractivity contribution in [1.29, 1.82) is 0 Å². The molecule has 0 bridgehead atoms. The minimum absolute atomic E-state index is 0.000571. The first-order valence-electron chi connectivity index (χ1n) is 5.91. The molecule has 1 atom stereocenters. The van der Waals surface area contributed by atoms with Gasteiger partial charge in [-0.15, -0.1) is 0 Å². The lowest BCUT2D eigenvalue weighted by molar-refractivity contribution is -0.142. The van der Waals surface area contributed by atoms with Crippen molar-refractivity contribution in [3.05, 3.63) is 11.8 Å². The van der Waals surface area contributed by atoms with Crippen molar-refractivity contribution in [2.75, 3.05) is 21.3 Å². The van der Waals surface area contributed by atoms with Crippen molar-refractivity contribution in [2.24, 2.45) is 0 Å². The highest BCUT2D eigenvalue weighted by Gasteiger charge is 2.21. The van der Waals surface area contributed by atoms with E-state index in [2.05, 4.69) is 20.0 Å². The molecule has 1 aromatic heterocycles. The van der Waals surface area contributed by atoms with Gasteiger partial charge in [-0.2, -0.15) is 9.97 Å². The fraction of sp³-hybridized carbons (Fsp3) is 0.500. The minimum Gasteiger partial charge on any atom is -0.481 e. The number of carbonyl (C=O) groups excluding carboxylic acids is 2. The number of amides is 1. The summed E-state index contributed by atoms with van der Waals surface area (Å²) in [5.41, 5.74) is 0.0380. The maximum absolute atomic E-state index is 12.1. The van der Waals surface area contributed by atoms with Gasteiger partial charge in [-0.1, -0.05) is 6.92 Å². The zero-order valence-electron chi connectivity index (χ0n) is 11.8. The summed E-state index contributed by atoms with van der Waals surface area (Å²) in [6.07, 6.45) is 0.401. The number of methoxy groups -OCH3 is 3. The van der Waals surface area contributed by atoms with Crippen LogP contribution in [0.25, 0.3) is 0 Å². The average Bonchev–Trinajstić information content (AvgIpc) is 2.50. The van der Waals surface area contributed by atoms with Crippen molar-refractivity contribution in [2.45, 2.75) is 19.4 Å². The molecule has 0 aliphatic heterocycles. The number of aromatic nitrogens is 2. The molecule has 1 N–H and O–H groups in total. The lowest BCUT2D eigenvalue weighted by Gasteiger charge is -2.14. The Labute approximate surface area is 116 Å². The SMILES string of the molecule is CCC(NC(=O)c1cc(OC)nc(OC)n1)C(=O)OC. The van der Waals surface area contributed by atoms with Gasteiger partial charge in [0.05, 0.1) is 21.3 Å². The second-order valence-electron chi connectivity index (χ2n) is 3.74. The number of esters is 1. The third kappa shape index (κ3) is 3.81. The maximum atomic E-state index is 12.1. The van der Waals surface area contributed by atoms with Crippen LogP contribution in [0.15, 0.2) is 6.07 Å². The molecule has 1 aromatic rings. The first kappa shape index (κ1) is 15.7. The Morgan fingerprint density at radius 3 is 2.45 bits per heavy atom. The second kappa shape index (κ2) is 7.27. The van der Waals surface area contributed by atoms with Crippen LogP contribution in [-0.2, 0) is 9.53 Å². The van der Waals surface area contributed by atoms with Crippen LogP contribution in [0, 0.1) is 0 Å². The zero-order valence-corrected chi connectivity index (χ0v) is 11.8. The van der Waals surface area contributed by atoms with E-state index in [1.807, 2.05) is 0 Å². The van der Waals surface area contributed by atoms with Crippen molar-refractivity contribution >= 4 is 11.9 Å². The zero-order chi connectivity index (χ0) is 15.1. The van der Waals surface area contributed by atoms with Gasteiger partial charge in [0.25, 0.3) is 5.91 Å². The van der Waals surface area contributed by atoms with Gasteiger partial charge in [0.15, 0.2) is 0 Å². The number of ether oxygens (including phenoxy) is 3. The van der Waals surface area contributed by atoms with E-state index in [9.17, 15) is 9.59 Å². The molecule has 20 heavy (non-hydrogen) atoms. The third-order valence-corrected chi connectivity index (χ3v) is 2.51. The van der Waals surface area contributed by atoms with Gasteiger partial charge >= 0.3 is 12.0 Å². The highest BCUT2D eigenvalue weighted by atomic mass is 16.5. The Hall–Kier alpha value is -2.38. The van der Waals surface area contributed by atoms with Crippen LogP contribution in [0.4, 0.5) is 0 Å². The molecular formula is C12H17N3O5. The summed E-state index contributed by atoms with van der Waals surface area (Å²) in [5, 5.41) is 2.52. The highest BCUT2D eigenvalue weighted by molar-refractivity contribution is 5.95. The van der Waals surface area contributed by atoms with Crippen LogP contribution in [0.3, 0.4) is 0 Å². The van der Waals surface area contributed by atoms with E-state index in [-0.39, 0.29) is 17.6 Å². The molecular weight excluding hydrogens is 266 g/mol.